The van der Waals surface area contributed by atoms with Crippen LogP contribution in [-0.2, 0) is 10.9 Å². The van der Waals surface area contributed by atoms with Crippen molar-refractivity contribution < 1.29 is 32.4 Å². The summed E-state index contributed by atoms with van der Waals surface area (Å²) in [5.41, 5.74) is -2.03. The number of carbonyl (C=O) groups is 1. The van der Waals surface area contributed by atoms with Crippen molar-refractivity contribution in [2.75, 3.05) is 43.0 Å². The summed E-state index contributed by atoms with van der Waals surface area (Å²) in [6, 6.07) is 8.46. The zero-order valence-corrected chi connectivity index (χ0v) is 20.9. The zero-order chi connectivity index (χ0) is 27.3. The first-order valence-electron chi connectivity index (χ1n) is 12.6. The fraction of sp³-hybridized carbons (Fsp3) is 0.520. The first kappa shape index (κ1) is 27.3. The molecule has 38 heavy (non-hydrogen) atoms. The van der Waals surface area contributed by atoms with Crippen molar-refractivity contribution in [2.45, 2.75) is 50.9 Å². The summed E-state index contributed by atoms with van der Waals surface area (Å²) in [6.45, 7) is 4.46. The third-order valence-corrected chi connectivity index (χ3v) is 6.67. The van der Waals surface area contributed by atoms with E-state index < -0.39 is 22.4 Å². The lowest BCUT2D eigenvalue weighted by Gasteiger charge is -2.35. The minimum Gasteiger partial charge on any atom is -0.474 e. The SMILES string of the molecule is CCOC(=O)N1CCN(c2cccc(OC3CCC(Nc4ccc([N+](=O)[O-])c(C(F)(F)F)c4)CC3)n2)CC1. The number of benzene rings is 1. The van der Waals surface area contributed by atoms with Crippen LogP contribution in [0.15, 0.2) is 36.4 Å². The fourth-order valence-electron chi connectivity index (χ4n) is 4.72. The van der Waals surface area contributed by atoms with Gasteiger partial charge < -0.3 is 24.6 Å². The number of aromatic nitrogens is 1. The second kappa shape index (κ2) is 11.7. The number of ether oxygens (including phenoxy) is 2. The summed E-state index contributed by atoms with van der Waals surface area (Å²) in [7, 11) is 0. The van der Waals surface area contributed by atoms with Gasteiger partial charge in [-0.25, -0.2) is 4.79 Å². The van der Waals surface area contributed by atoms with Crippen LogP contribution in [0.5, 0.6) is 5.88 Å². The number of piperazine rings is 1. The van der Waals surface area contributed by atoms with E-state index in [0.717, 1.165) is 18.0 Å². The highest BCUT2D eigenvalue weighted by molar-refractivity contribution is 5.68. The van der Waals surface area contributed by atoms with Crippen LogP contribution in [0.25, 0.3) is 0 Å². The lowest BCUT2D eigenvalue weighted by molar-refractivity contribution is -0.388. The van der Waals surface area contributed by atoms with Gasteiger partial charge in [0.2, 0.25) is 5.88 Å². The third-order valence-electron chi connectivity index (χ3n) is 6.67. The Labute approximate surface area is 217 Å². The largest absolute Gasteiger partial charge is 0.474 e. The van der Waals surface area contributed by atoms with Crippen LogP contribution >= 0.6 is 0 Å². The van der Waals surface area contributed by atoms with E-state index >= 15 is 0 Å². The lowest BCUT2D eigenvalue weighted by atomic mass is 9.92. The van der Waals surface area contributed by atoms with Gasteiger partial charge in [0.05, 0.1) is 11.5 Å². The molecule has 1 saturated carbocycles. The number of nitro benzene ring substituents is 1. The molecule has 0 bridgehead atoms. The molecule has 4 rings (SSSR count). The van der Waals surface area contributed by atoms with E-state index in [2.05, 4.69) is 15.2 Å². The van der Waals surface area contributed by atoms with Crippen molar-refractivity contribution in [1.82, 2.24) is 9.88 Å². The zero-order valence-electron chi connectivity index (χ0n) is 20.9. The van der Waals surface area contributed by atoms with Gasteiger partial charge in [0, 0.05) is 50.0 Å². The Bertz CT molecular complexity index is 1130. The van der Waals surface area contributed by atoms with E-state index in [4.69, 9.17) is 9.47 Å². The number of carbonyl (C=O) groups excluding carboxylic acids is 1. The van der Waals surface area contributed by atoms with Gasteiger partial charge in [-0.3, -0.25) is 10.1 Å². The fourth-order valence-corrected chi connectivity index (χ4v) is 4.72. The quantitative estimate of drug-likeness (QED) is 0.384. The van der Waals surface area contributed by atoms with Crippen LogP contribution in [0.1, 0.15) is 38.2 Å². The molecule has 2 heterocycles. The maximum absolute atomic E-state index is 13.3. The summed E-state index contributed by atoms with van der Waals surface area (Å²) in [6.07, 6.45) is -2.52. The van der Waals surface area contributed by atoms with Crippen LogP contribution < -0.4 is 15.0 Å². The Morgan fingerprint density at radius 1 is 1.13 bits per heavy atom. The third kappa shape index (κ3) is 6.75. The van der Waals surface area contributed by atoms with Gasteiger partial charge in [0.15, 0.2) is 0 Å². The molecular formula is C25H30F3N5O5. The number of nitrogens with one attached hydrogen (secondary N) is 1. The van der Waals surface area contributed by atoms with Crippen LogP contribution in [-0.4, -0.2) is 65.8 Å². The standard InChI is InChI=1S/C25H30F3N5O5/c1-2-37-24(34)32-14-12-31(13-15-32)22-4-3-5-23(30-22)38-19-9-6-17(7-10-19)29-18-8-11-21(33(35)36)20(16-18)25(26,27)28/h3-5,8,11,16-17,19,29H,2,6-7,9-10,12-15H2,1H3. The number of anilines is 2. The van der Waals surface area contributed by atoms with Crippen molar-refractivity contribution >= 4 is 23.3 Å². The highest BCUT2D eigenvalue weighted by Crippen LogP contribution is 2.38. The minimum absolute atomic E-state index is 0.0765. The molecule has 2 aromatic rings. The number of amides is 1. The Balaban J connectivity index is 1.29. The summed E-state index contributed by atoms with van der Waals surface area (Å²) < 4.78 is 51.0. The molecule has 0 unspecified atom stereocenters. The monoisotopic (exact) mass is 537 g/mol. The van der Waals surface area contributed by atoms with Crippen molar-refractivity contribution in [3.05, 3.63) is 52.1 Å². The van der Waals surface area contributed by atoms with Gasteiger partial charge in [-0.05, 0) is 50.8 Å². The van der Waals surface area contributed by atoms with Gasteiger partial charge in [0.25, 0.3) is 5.69 Å². The summed E-state index contributed by atoms with van der Waals surface area (Å²) >= 11 is 0. The van der Waals surface area contributed by atoms with Gasteiger partial charge in [-0.15, -0.1) is 0 Å². The molecule has 206 valence electrons. The number of rotatable bonds is 7. The van der Waals surface area contributed by atoms with Crippen LogP contribution in [0.2, 0.25) is 0 Å². The topological polar surface area (TPSA) is 110 Å². The summed E-state index contributed by atoms with van der Waals surface area (Å²) in [4.78, 5) is 30.2. The first-order chi connectivity index (χ1) is 18.1. The number of alkyl halides is 3. The maximum atomic E-state index is 13.3. The van der Waals surface area contributed by atoms with E-state index in [-0.39, 0.29) is 23.9 Å². The number of hydrogen-bond donors (Lipinski definition) is 1. The predicted octanol–water partition coefficient (Wildman–Crippen LogP) is 5.09. The molecular weight excluding hydrogens is 507 g/mol. The van der Waals surface area contributed by atoms with Gasteiger partial charge in [-0.1, -0.05) is 6.07 Å². The van der Waals surface area contributed by atoms with Crippen molar-refractivity contribution in [3.63, 3.8) is 0 Å². The van der Waals surface area contributed by atoms with Gasteiger partial charge >= 0.3 is 12.3 Å². The van der Waals surface area contributed by atoms with Gasteiger partial charge in [-0.2, -0.15) is 18.2 Å². The second-order valence-corrected chi connectivity index (χ2v) is 9.23. The smallest absolute Gasteiger partial charge is 0.423 e. The number of pyridine rings is 1. The summed E-state index contributed by atoms with van der Waals surface area (Å²) in [5, 5.41) is 14.0. The Hall–Kier alpha value is -3.77. The highest BCUT2D eigenvalue weighted by atomic mass is 19.4. The van der Waals surface area contributed by atoms with E-state index in [0.29, 0.717) is 64.3 Å². The minimum atomic E-state index is -4.82. The average Bonchev–Trinajstić information content (AvgIpc) is 2.89. The average molecular weight is 538 g/mol. The highest BCUT2D eigenvalue weighted by Gasteiger charge is 2.38. The Morgan fingerprint density at radius 3 is 2.47 bits per heavy atom. The van der Waals surface area contributed by atoms with Crippen molar-refractivity contribution in [2.24, 2.45) is 0 Å². The van der Waals surface area contributed by atoms with Gasteiger partial charge in [0.1, 0.15) is 17.5 Å². The molecule has 1 N–H and O–H groups in total. The molecule has 0 spiro atoms. The Morgan fingerprint density at radius 2 is 1.84 bits per heavy atom. The number of nitro groups is 1. The molecule has 0 radical (unpaired) electrons. The molecule has 2 aliphatic rings. The molecule has 1 saturated heterocycles. The molecule has 1 aliphatic heterocycles. The number of halogens is 3. The molecule has 13 heteroatoms. The second-order valence-electron chi connectivity index (χ2n) is 9.23. The first-order valence-corrected chi connectivity index (χ1v) is 12.6. The number of hydrogen-bond acceptors (Lipinski definition) is 8. The lowest BCUT2D eigenvalue weighted by Crippen LogP contribution is -2.49. The van der Waals surface area contributed by atoms with E-state index in [1.807, 2.05) is 12.1 Å². The molecule has 1 amide bonds. The Kier molecular flexibility index (Phi) is 8.42. The van der Waals surface area contributed by atoms with E-state index in [1.54, 1.807) is 17.9 Å². The predicted molar refractivity (Wildman–Crippen MR) is 133 cm³/mol. The maximum Gasteiger partial charge on any atom is 0.423 e. The van der Waals surface area contributed by atoms with Crippen LogP contribution in [0, 0.1) is 10.1 Å². The molecule has 1 aromatic carbocycles. The van der Waals surface area contributed by atoms with Crippen LogP contribution in [0.3, 0.4) is 0 Å². The van der Waals surface area contributed by atoms with Crippen molar-refractivity contribution in [3.8, 4) is 5.88 Å². The number of nitrogens with zero attached hydrogens (tertiary/aromatic N) is 4. The normalized spacial score (nSPS) is 20.1. The molecule has 2 fully saturated rings. The molecule has 1 aromatic heterocycles. The van der Waals surface area contributed by atoms with E-state index in [1.165, 1.54) is 6.07 Å². The molecule has 0 atom stereocenters. The van der Waals surface area contributed by atoms with Crippen molar-refractivity contribution in [1.29, 1.82) is 0 Å². The van der Waals surface area contributed by atoms with Crippen LogP contribution in [0.4, 0.5) is 35.2 Å². The summed E-state index contributed by atoms with van der Waals surface area (Å²) in [5.74, 6) is 1.26. The molecule has 10 nitrogen and oxygen atoms in total. The van der Waals surface area contributed by atoms with E-state index in [9.17, 15) is 28.1 Å². The molecule has 1 aliphatic carbocycles.